The van der Waals surface area contributed by atoms with Crippen LogP contribution in [0.2, 0.25) is 0 Å². The van der Waals surface area contributed by atoms with Crippen LogP contribution in [0.3, 0.4) is 0 Å². The van der Waals surface area contributed by atoms with Gasteiger partial charge in [-0.3, -0.25) is 0 Å². The summed E-state index contributed by atoms with van der Waals surface area (Å²) in [6, 6.07) is 2.06. The Morgan fingerprint density at radius 1 is 0.882 bits per heavy atom. The van der Waals surface area contributed by atoms with Crippen molar-refractivity contribution in [2.24, 2.45) is 0 Å². The largest absolute Gasteiger partial charge is 0.379 e. The molecule has 0 saturated carbocycles. The lowest BCUT2D eigenvalue weighted by molar-refractivity contribution is 0.0143. The molecule has 96 valence electrons. The van der Waals surface area contributed by atoms with Crippen LogP contribution in [0.1, 0.15) is 19.3 Å². The van der Waals surface area contributed by atoms with Crippen LogP contribution in [0.5, 0.6) is 0 Å². The number of rotatable bonds is 12. The number of ether oxygens (including phenoxy) is 3. The summed E-state index contributed by atoms with van der Waals surface area (Å²) in [6.07, 6.45) is 2.10. The van der Waals surface area contributed by atoms with Crippen LogP contribution in [0, 0.1) is 17.9 Å². The fourth-order valence-electron chi connectivity index (χ4n) is 1.04. The highest BCUT2D eigenvalue weighted by Gasteiger charge is 1.92. The third kappa shape index (κ3) is 14.9. The van der Waals surface area contributed by atoms with Crippen LogP contribution in [0.25, 0.3) is 4.85 Å². The Balaban J connectivity index is 2.90. The first kappa shape index (κ1) is 15.9. The molecule has 0 fully saturated rings. The molecule has 0 heterocycles. The highest BCUT2D eigenvalue weighted by Crippen LogP contribution is 1.88. The minimum Gasteiger partial charge on any atom is -0.379 e. The molecule has 0 spiro atoms. The van der Waals surface area contributed by atoms with Gasteiger partial charge < -0.3 is 19.1 Å². The van der Waals surface area contributed by atoms with Crippen molar-refractivity contribution in [1.82, 2.24) is 0 Å². The monoisotopic (exact) mass is 240 g/mol. The first-order valence-electron chi connectivity index (χ1n) is 5.85. The number of hydrogen-bond donors (Lipinski definition) is 0. The Bertz CT molecular complexity index is 209. The molecule has 0 aliphatic heterocycles. The molecule has 0 radical (unpaired) electrons. The molecule has 0 unspecified atom stereocenters. The zero-order chi connectivity index (χ0) is 12.6. The maximum atomic E-state index is 8.28. The summed E-state index contributed by atoms with van der Waals surface area (Å²) in [5.41, 5.74) is 0. The maximum absolute atomic E-state index is 8.28. The van der Waals surface area contributed by atoms with Gasteiger partial charge in [0.1, 0.15) is 0 Å². The molecular formula is C12H20N2O3. The molecule has 0 atom stereocenters. The Hall–Kier alpha value is -1.14. The average Bonchev–Trinajstić information content (AvgIpc) is 2.35. The van der Waals surface area contributed by atoms with E-state index in [1.807, 2.05) is 0 Å². The van der Waals surface area contributed by atoms with E-state index in [1.165, 1.54) is 0 Å². The van der Waals surface area contributed by atoms with Gasteiger partial charge in [0.25, 0.3) is 0 Å². The SMILES string of the molecule is [C-]#[N+]CCCOCCOCCOCCCC#N. The van der Waals surface area contributed by atoms with Gasteiger partial charge in [-0.1, -0.05) is 0 Å². The van der Waals surface area contributed by atoms with Crippen molar-refractivity contribution < 1.29 is 14.2 Å². The molecular weight excluding hydrogens is 220 g/mol. The standard InChI is InChI=1S/C12H20N2O3/c1-14-6-4-8-16-10-12-17-11-9-15-7-3-2-5-13/h2-4,6-12H2. The molecule has 0 aromatic carbocycles. The van der Waals surface area contributed by atoms with Gasteiger partial charge >= 0.3 is 0 Å². The highest BCUT2D eigenvalue weighted by atomic mass is 16.5. The van der Waals surface area contributed by atoms with Crippen LogP contribution in [0.4, 0.5) is 0 Å². The van der Waals surface area contributed by atoms with Crippen LogP contribution >= 0.6 is 0 Å². The van der Waals surface area contributed by atoms with Crippen molar-refractivity contribution in [3.63, 3.8) is 0 Å². The summed E-state index contributed by atoms with van der Waals surface area (Å²) in [5.74, 6) is 0. The molecule has 0 rings (SSSR count). The minimum absolute atomic E-state index is 0.525. The summed E-state index contributed by atoms with van der Waals surface area (Å²) in [4.78, 5) is 3.23. The lowest BCUT2D eigenvalue weighted by atomic mass is 10.3. The Morgan fingerprint density at radius 2 is 1.41 bits per heavy atom. The topological polar surface area (TPSA) is 55.8 Å². The van der Waals surface area contributed by atoms with Crippen LogP contribution < -0.4 is 0 Å². The Morgan fingerprint density at radius 3 is 1.94 bits per heavy atom. The van der Waals surface area contributed by atoms with E-state index in [9.17, 15) is 0 Å². The smallest absolute Gasteiger partial charge is 0.216 e. The molecule has 0 aromatic rings. The molecule has 0 aromatic heterocycles. The fourth-order valence-corrected chi connectivity index (χ4v) is 1.04. The van der Waals surface area contributed by atoms with Gasteiger partial charge in [0, 0.05) is 19.4 Å². The van der Waals surface area contributed by atoms with Crippen molar-refractivity contribution in [3.8, 4) is 6.07 Å². The van der Waals surface area contributed by atoms with Gasteiger partial charge in [-0.05, 0) is 6.42 Å². The van der Waals surface area contributed by atoms with E-state index < -0.39 is 0 Å². The summed E-state index contributed by atoms with van der Waals surface area (Å²) < 4.78 is 15.8. The fraction of sp³-hybridized carbons (Fsp3) is 0.833. The van der Waals surface area contributed by atoms with Crippen LogP contribution in [-0.2, 0) is 14.2 Å². The van der Waals surface area contributed by atoms with E-state index >= 15 is 0 Å². The van der Waals surface area contributed by atoms with Crippen molar-refractivity contribution in [2.75, 3.05) is 46.2 Å². The molecule has 5 heteroatoms. The predicted molar refractivity (Wildman–Crippen MR) is 63.4 cm³/mol. The van der Waals surface area contributed by atoms with E-state index in [2.05, 4.69) is 10.9 Å². The summed E-state index contributed by atoms with van der Waals surface area (Å²) in [5, 5.41) is 8.28. The van der Waals surface area contributed by atoms with E-state index in [0.717, 1.165) is 12.8 Å². The highest BCUT2D eigenvalue weighted by molar-refractivity contribution is 4.67. The third-order valence-electron chi connectivity index (χ3n) is 1.88. The number of unbranched alkanes of at least 4 members (excludes halogenated alkanes) is 1. The van der Waals surface area contributed by atoms with Gasteiger partial charge in [0.15, 0.2) is 0 Å². The summed E-state index contributed by atoms with van der Waals surface area (Å²) in [7, 11) is 0. The van der Waals surface area contributed by atoms with E-state index in [1.54, 1.807) is 0 Å². The normalized spacial score (nSPS) is 9.76. The second-order valence-corrected chi connectivity index (χ2v) is 3.33. The molecule has 0 aliphatic carbocycles. The second-order valence-electron chi connectivity index (χ2n) is 3.33. The lowest BCUT2D eigenvalue weighted by Crippen LogP contribution is -2.10. The van der Waals surface area contributed by atoms with E-state index in [4.69, 9.17) is 26.0 Å². The minimum atomic E-state index is 0.525. The number of nitrogens with zero attached hydrogens (tertiary/aromatic N) is 2. The molecule has 0 saturated heterocycles. The maximum Gasteiger partial charge on any atom is 0.216 e. The zero-order valence-corrected chi connectivity index (χ0v) is 10.2. The quantitative estimate of drug-likeness (QED) is 0.384. The molecule has 0 aliphatic rings. The first-order chi connectivity index (χ1) is 8.41. The average molecular weight is 240 g/mol. The predicted octanol–water partition coefficient (Wildman–Crippen LogP) is 1.65. The van der Waals surface area contributed by atoms with Crippen LogP contribution in [0.15, 0.2) is 0 Å². The van der Waals surface area contributed by atoms with Crippen molar-refractivity contribution in [1.29, 1.82) is 5.26 Å². The van der Waals surface area contributed by atoms with Crippen LogP contribution in [-0.4, -0.2) is 46.2 Å². The van der Waals surface area contributed by atoms with E-state index in [0.29, 0.717) is 52.6 Å². The number of nitriles is 1. The zero-order valence-electron chi connectivity index (χ0n) is 10.2. The second kappa shape index (κ2) is 14.9. The Labute approximate surface area is 103 Å². The third-order valence-corrected chi connectivity index (χ3v) is 1.88. The van der Waals surface area contributed by atoms with Gasteiger partial charge in [0.05, 0.1) is 39.1 Å². The van der Waals surface area contributed by atoms with Crippen molar-refractivity contribution in [3.05, 3.63) is 11.4 Å². The summed E-state index contributed by atoms with van der Waals surface area (Å²) >= 11 is 0. The number of hydrogen-bond acceptors (Lipinski definition) is 4. The molecule has 0 N–H and O–H groups in total. The van der Waals surface area contributed by atoms with Gasteiger partial charge in [-0.25, -0.2) is 6.57 Å². The molecule has 0 bridgehead atoms. The molecule has 17 heavy (non-hydrogen) atoms. The lowest BCUT2D eigenvalue weighted by Gasteiger charge is -2.05. The van der Waals surface area contributed by atoms with E-state index in [-0.39, 0.29) is 0 Å². The van der Waals surface area contributed by atoms with Gasteiger partial charge in [-0.15, -0.1) is 0 Å². The van der Waals surface area contributed by atoms with Crippen molar-refractivity contribution >= 4 is 0 Å². The Kier molecular flexibility index (Phi) is 13.9. The summed E-state index contributed by atoms with van der Waals surface area (Å²) in [6.45, 7) is 10.6. The van der Waals surface area contributed by atoms with Gasteiger partial charge in [-0.2, -0.15) is 5.26 Å². The molecule has 5 nitrogen and oxygen atoms in total. The first-order valence-corrected chi connectivity index (χ1v) is 5.85. The molecule has 0 amide bonds. The van der Waals surface area contributed by atoms with Crippen molar-refractivity contribution in [2.45, 2.75) is 19.3 Å². The van der Waals surface area contributed by atoms with Gasteiger partial charge in [0.2, 0.25) is 6.54 Å².